The minimum absolute atomic E-state index is 0.0467. The van der Waals surface area contributed by atoms with E-state index in [0.29, 0.717) is 37.8 Å². The van der Waals surface area contributed by atoms with E-state index >= 15 is 0 Å². The molecule has 3 heterocycles. The number of piperidine rings is 1. The van der Waals surface area contributed by atoms with Crippen LogP contribution < -0.4 is 10.2 Å². The first-order chi connectivity index (χ1) is 11.9. The Morgan fingerprint density at radius 3 is 2.76 bits per heavy atom. The summed E-state index contributed by atoms with van der Waals surface area (Å²) in [7, 11) is -3.40. The minimum Gasteiger partial charge on any atom is -0.340 e. The summed E-state index contributed by atoms with van der Waals surface area (Å²) in [6, 6.07) is 0. The molecule has 1 amide bonds. The molecule has 0 spiro atoms. The van der Waals surface area contributed by atoms with E-state index in [1.165, 1.54) is 12.5 Å². The van der Waals surface area contributed by atoms with Crippen LogP contribution in [0.1, 0.15) is 31.4 Å². The monoisotopic (exact) mass is 367 g/mol. The normalized spacial score (nSPS) is 22.3. The Labute approximate surface area is 148 Å². The number of anilines is 1. The average molecular weight is 367 g/mol. The number of carbonyl (C=O) groups is 1. The molecule has 2 aliphatic heterocycles. The molecule has 0 unspecified atom stereocenters. The molecule has 2 aliphatic rings. The highest BCUT2D eigenvalue weighted by Gasteiger charge is 2.29. The summed E-state index contributed by atoms with van der Waals surface area (Å²) in [5.74, 6) is 0.537. The van der Waals surface area contributed by atoms with E-state index in [1.54, 1.807) is 4.90 Å². The van der Waals surface area contributed by atoms with Crippen LogP contribution in [0.3, 0.4) is 0 Å². The van der Waals surface area contributed by atoms with Crippen LogP contribution in [0.5, 0.6) is 0 Å². The summed E-state index contributed by atoms with van der Waals surface area (Å²) in [6.45, 7) is 5.82. The van der Waals surface area contributed by atoms with Gasteiger partial charge in [-0.15, -0.1) is 0 Å². The smallest absolute Gasteiger partial charge is 0.242 e. The Morgan fingerprint density at radius 2 is 2.16 bits per heavy atom. The van der Waals surface area contributed by atoms with Gasteiger partial charge in [-0.05, 0) is 26.3 Å². The lowest BCUT2D eigenvalue weighted by Gasteiger charge is -2.34. The maximum atomic E-state index is 12.1. The molecule has 1 atom stereocenters. The third-order valence-electron chi connectivity index (χ3n) is 4.84. The lowest BCUT2D eigenvalue weighted by Crippen LogP contribution is -2.50. The fourth-order valence-corrected chi connectivity index (χ4v) is 4.24. The van der Waals surface area contributed by atoms with Crippen LogP contribution in [0, 0.1) is 0 Å². The average Bonchev–Trinajstić information content (AvgIpc) is 2.61. The molecular formula is C16H25N5O3S. The molecule has 2 saturated heterocycles. The minimum atomic E-state index is -3.40. The highest BCUT2D eigenvalue weighted by Crippen LogP contribution is 2.28. The molecule has 8 nitrogen and oxygen atoms in total. The summed E-state index contributed by atoms with van der Waals surface area (Å²) in [5.41, 5.74) is 0.574. The van der Waals surface area contributed by atoms with Gasteiger partial charge in [0, 0.05) is 38.4 Å². The molecule has 9 heteroatoms. The number of piperazine rings is 1. The second-order valence-electron chi connectivity index (χ2n) is 6.63. The van der Waals surface area contributed by atoms with Crippen LogP contribution >= 0.6 is 0 Å². The van der Waals surface area contributed by atoms with Gasteiger partial charge in [0.15, 0.2) is 9.84 Å². The lowest BCUT2D eigenvalue weighted by molar-refractivity contribution is -0.130. The Hall–Kier alpha value is -1.74. The number of nitrogens with one attached hydrogen (secondary N) is 1. The molecule has 3 rings (SSSR count). The van der Waals surface area contributed by atoms with Crippen molar-refractivity contribution < 1.29 is 13.2 Å². The van der Waals surface area contributed by atoms with E-state index in [1.807, 2.05) is 11.8 Å². The first-order valence-electron chi connectivity index (χ1n) is 8.70. The summed E-state index contributed by atoms with van der Waals surface area (Å²) in [6.07, 6.45) is 4.47. The second kappa shape index (κ2) is 7.25. The fourth-order valence-electron chi connectivity index (χ4n) is 3.40. The zero-order valence-electron chi connectivity index (χ0n) is 14.7. The van der Waals surface area contributed by atoms with E-state index in [-0.39, 0.29) is 23.3 Å². The summed E-state index contributed by atoms with van der Waals surface area (Å²) >= 11 is 0. The Balaban J connectivity index is 1.92. The molecule has 25 heavy (non-hydrogen) atoms. The molecule has 0 aliphatic carbocycles. The van der Waals surface area contributed by atoms with Crippen molar-refractivity contribution in [3.63, 3.8) is 0 Å². The van der Waals surface area contributed by atoms with Gasteiger partial charge in [0.05, 0.1) is 18.4 Å². The van der Waals surface area contributed by atoms with Crippen molar-refractivity contribution in [1.82, 2.24) is 20.2 Å². The number of aromatic nitrogens is 2. The summed E-state index contributed by atoms with van der Waals surface area (Å²) in [5, 5.41) is 3.30. The predicted molar refractivity (Wildman–Crippen MR) is 94.5 cm³/mol. The molecular weight excluding hydrogens is 342 g/mol. The molecule has 0 bridgehead atoms. The van der Waals surface area contributed by atoms with Crippen LogP contribution in [0.25, 0.3) is 0 Å². The van der Waals surface area contributed by atoms with Gasteiger partial charge in [0.1, 0.15) is 4.90 Å². The van der Waals surface area contributed by atoms with Gasteiger partial charge in [-0.3, -0.25) is 4.79 Å². The fraction of sp³-hybridized carbons (Fsp3) is 0.688. The SMILES string of the molecule is CCN1CCN(c2ncc(S(C)(=O)=O)c([C@@H]3CCCNC3)n2)CC1=O. The Bertz CT molecular complexity index is 746. The number of hydrogen-bond acceptors (Lipinski definition) is 7. The molecule has 1 N–H and O–H groups in total. The van der Waals surface area contributed by atoms with Gasteiger partial charge in [-0.25, -0.2) is 18.4 Å². The largest absolute Gasteiger partial charge is 0.340 e. The van der Waals surface area contributed by atoms with Crippen molar-refractivity contribution in [3.8, 4) is 0 Å². The topological polar surface area (TPSA) is 95.5 Å². The van der Waals surface area contributed by atoms with Gasteiger partial charge < -0.3 is 15.1 Å². The third-order valence-corrected chi connectivity index (χ3v) is 5.95. The molecule has 1 aromatic heterocycles. The number of amides is 1. The van der Waals surface area contributed by atoms with Crippen LogP contribution in [0.4, 0.5) is 5.95 Å². The van der Waals surface area contributed by atoms with Crippen LogP contribution in [-0.4, -0.2) is 74.7 Å². The lowest BCUT2D eigenvalue weighted by atomic mass is 9.96. The van der Waals surface area contributed by atoms with Crippen LogP contribution in [0.15, 0.2) is 11.1 Å². The van der Waals surface area contributed by atoms with Crippen molar-refractivity contribution in [2.75, 3.05) is 50.4 Å². The Morgan fingerprint density at radius 1 is 1.36 bits per heavy atom. The van der Waals surface area contributed by atoms with Gasteiger partial charge in [0.2, 0.25) is 11.9 Å². The zero-order valence-corrected chi connectivity index (χ0v) is 15.5. The molecule has 138 valence electrons. The van der Waals surface area contributed by atoms with Gasteiger partial charge >= 0.3 is 0 Å². The first kappa shape index (κ1) is 18.1. The van der Waals surface area contributed by atoms with Gasteiger partial charge in [0.25, 0.3) is 0 Å². The number of hydrogen-bond donors (Lipinski definition) is 1. The highest BCUT2D eigenvalue weighted by molar-refractivity contribution is 7.90. The maximum Gasteiger partial charge on any atom is 0.242 e. The van der Waals surface area contributed by atoms with Gasteiger partial charge in [-0.2, -0.15) is 0 Å². The van der Waals surface area contributed by atoms with Gasteiger partial charge in [-0.1, -0.05) is 0 Å². The molecule has 0 radical (unpaired) electrons. The number of carbonyl (C=O) groups excluding carboxylic acids is 1. The van der Waals surface area contributed by atoms with Crippen LogP contribution in [-0.2, 0) is 14.6 Å². The van der Waals surface area contributed by atoms with Crippen LogP contribution in [0.2, 0.25) is 0 Å². The summed E-state index contributed by atoms with van der Waals surface area (Å²) in [4.78, 5) is 24.8. The van der Waals surface area contributed by atoms with E-state index in [2.05, 4.69) is 15.3 Å². The number of sulfone groups is 1. The van der Waals surface area contributed by atoms with E-state index in [0.717, 1.165) is 19.4 Å². The van der Waals surface area contributed by atoms with Crippen molar-refractivity contribution in [2.45, 2.75) is 30.6 Å². The summed E-state index contributed by atoms with van der Waals surface area (Å²) < 4.78 is 24.3. The quantitative estimate of drug-likeness (QED) is 0.801. The number of nitrogens with zero attached hydrogens (tertiary/aromatic N) is 4. The van der Waals surface area contributed by atoms with Crippen molar-refractivity contribution in [2.24, 2.45) is 0 Å². The van der Waals surface area contributed by atoms with E-state index < -0.39 is 9.84 Å². The molecule has 1 aromatic rings. The molecule has 2 fully saturated rings. The van der Waals surface area contributed by atoms with E-state index in [4.69, 9.17) is 0 Å². The number of rotatable bonds is 4. The predicted octanol–water partition coefficient (Wildman–Crippen LogP) is 0.0156. The molecule has 0 saturated carbocycles. The Kier molecular flexibility index (Phi) is 5.24. The van der Waals surface area contributed by atoms with Crippen molar-refractivity contribution >= 4 is 21.7 Å². The highest BCUT2D eigenvalue weighted by atomic mass is 32.2. The maximum absolute atomic E-state index is 12.1. The second-order valence-corrected chi connectivity index (χ2v) is 8.61. The third kappa shape index (κ3) is 3.92. The van der Waals surface area contributed by atoms with Crippen molar-refractivity contribution in [3.05, 3.63) is 11.9 Å². The first-order valence-corrected chi connectivity index (χ1v) is 10.6. The standard InChI is InChI=1S/C16H25N5O3S/c1-3-20-7-8-21(11-14(20)22)16-18-10-13(25(2,23)24)15(19-16)12-5-4-6-17-9-12/h10,12,17H,3-9,11H2,1-2H3/t12-/m1/s1. The van der Waals surface area contributed by atoms with Crippen molar-refractivity contribution in [1.29, 1.82) is 0 Å². The van der Waals surface area contributed by atoms with E-state index in [9.17, 15) is 13.2 Å². The number of likely N-dealkylation sites (N-methyl/N-ethyl adjacent to an activating group) is 1. The zero-order chi connectivity index (χ0) is 18.0. The molecule has 0 aromatic carbocycles.